The fraction of sp³-hybridized carbons (Fsp3) is 0.357. The molecule has 1 aliphatic heterocycles. The molecule has 1 N–H and O–H groups in total. The van der Waals surface area contributed by atoms with Gasteiger partial charge >= 0.3 is 0 Å². The molecule has 7 heteroatoms. The Morgan fingerprint density at radius 3 is 2.71 bits per heavy atom. The van der Waals surface area contributed by atoms with E-state index in [0.717, 1.165) is 47.6 Å². The first kappa shape index (κ1) is 24.1. The van der Waals surface area contributed by atoms with Crippen LogP contribution in [-0.4, -0.2) is 29.5 Å². The van der Waals surface area contributed by atoms with Crippen molar-refractivity contribution in [3.8, 4) is 22.8 Å². The van der Waals surface area contributed by atoms with Gasteiger partial charge in [0.1, 0.15) is 11.9 Å². The zero-order valence-electron chi connectivity index (χ0n) is 20.1. The fourth-order valence-electron chi connectivity index (χ4n) is 4.77. The molecule has 1 fully saturated rings. The van der Waals surface area contributed by atoms with Crippen molar-refractivity contribution in [1.82, 2.24) is 9.71 Å². The number of aryl methyl sites for hydroxylation is 1. The van der Waals surface area contributed by atoms with Crippen LogP contribution in [0.4, 0.5) is 0 Å². The van der Waals surface area contributed by atoms with E-state index >= 15 is 0 Å². The smallest absolute Gasteiger partial charge is 0.231 e. The van der Waals surface area contributed by atoms with Crippen molar-refractivity contribution in [2.45, 2.75) is 44.0 Å². The minimum Gasteiger partial charge on any atom is -0.486 e. The number of aromatic nitrogens is 1. The minimum absolute atomic E-state index is 0.0345. The Hall–Kier alpha value is -2.64. The Kier molecular flexibility index (Phi) is 7.54. The lowest BCUT2D eigenvalue weighted by Crippen LogP contribution is -2.05. The second-order valence-electron chi connectivity index (χ2n) is 8.90. The molecule has 1 unspecified atom stereocenters. The summed E-state index contributed by atoms with van der Waals surface area (Å²) in [4.78, 5) is 16.2. The highest BCUT2D eigenvalue weighted by Crippen LogP contribution is 2.41. The van der Waals surface area contributed by atoms with Gasteiger partial charge in [-0.3, -0.25) is 9.52 Å². The van der Waals surface area contributed by atoms with Gasteiger partial charge in [0.15, 0.2) is 0 Å². The standard InChI is InChI=1S/C28H30N2O3S2/c1-18-21(12-14-28(29-18)32-15-4-16-34-2)22-5-3-6-24-23(22)11-13-25(24)33-20-9-7-19(8-10-20)26-17-27(31)30-35-26/h3,5-10,12,14,25-26H,4,11,13,15-17H2,1-2H3,(H,30,31)/t25-,26?/m1/s1. The number of amides is 1. The van der Waals surface area contributed by atoms with Crippen LogP contribution in [0.25, 0.3) is 11.1 Å². The maximum Gasteiger partial charge on any atom is 0.231 e. The van der Waals surface area contributed by atoms with E-state index in [1.54, 1.807) is 0 Å². The molecular weight excluding hydrogens is 476 g/mol. The number of carbonyl (C=O) groups is 1. The van der Waals surface area contributed by atoms with Crippen LogP contribution in [0, 0.1) is 6.92 Å². The van der Waals surface area contributed by atoms with Crippen molar-refractivity contribution in [3.63, 3.8) is 0 Å². The summed E-state index contributed by atoms with van der Waals surface area (Å²) in [7, 11) is 0. The van der Waals surface area contributed by atoms with Gasteiger partial charge in [-0.25, -0.2) is 4.98 Å². The molecule has 1 aromatic heterocycles. The van der Waals surface area contributed by atoms with Gasteiger partial charge in [-0.05, 0) is 90.6 Å². The normalized spacial score (nSPS) is 18.9. The van der Waals surface area contributed by atoms with Crippen molar-refractivity contribution in [2.75, 3.05) is 18.6 Å². The third-order valence-electron chi connectivity index (χ3n) is 6.52. The Morgan fingerprint density at radius 2 is 1.97 bits per heavy atom. The molecule has 182 valence electrons. The Labute approximate surface area is 215 Å². The predicted octanol–water partition coefficient (Wildman–Crippen LogP) is 6.46. The second-order valence-corrected chi connectivity index (χ2v) is 10.9. The SMILES string of the molecule is CSCCCOc1ccc(-c2cccc3c2CC[C@H]3Oc2ccc(C3CC(=O)NS3)cc2)c(C)n1. The zero-order valence-corrected chi connectivity index (χ0v) is 21.7. The van der Waals surface area contributed by atoms with Crippen molar-refractivity contribution < 1.29 is 14.3 Å². The highest BCUT2D eigenvalue weighted by molar-refractivity contribution is 7.98. The maximum absolute atomic E-state index is 11.5. The van der Waals surface area contributed by atoms with E-state index in [9.17, 15) is 4.79 Å². The van der Waals surface area contributed by atoms with E-state index in [1.807, 2.05) is 30.0 Å². The number of hydrogen-bond acceptors (Lipinski definition) is 6. The largest absolute Gasteiger partial charge is 0.486 e. The van der Waals surface area contributed by atoms with E-state index in [2.05, 4.69) is 54.3 Å². The van der Waals surface area contributed by atoms with E-state index < -0.39 is 0 Å². The Bertz CT molecular complexity index is 1200. The number of fused-ring (bicyclic) bond motifs is 1. The van der Waals surface area contributed by atoms with Crippen molar-refractivity contribution in [1.29, 1.82) is 0 Å². The van der Waals surface area contributed by atoms with Crippen molar-refractivity contribution >= 4 is 29.6 Å². The van der Waals surface area contributed by atoms with Crippen LogP contribution in [0.1, 0.15) is 53.0 Å². The summed E-state index contributed by atoms with van der Waals surface area (Å²) in [6.45, 7) is 2.75. The van der Waals surface area contributed by atoms with E-state index in [-0.39, 0.29) is 17.3 Å². The molecule has 2 aliphatic rings. The van der Waals surface area contributed by atoms with Gasteiger partial charge in [0, 0.05) is 23.7 Å². The van der Waals surface area contributed by atoms with Gasteiger partial charge in [0.05, 0.1) is 11.9 Å². The average molecular weight is 507 g/mol. The fourth-order valence-corrected chi connectivity index (χ4v) is 6.07. The molecule has 1 saturated heterocycles. The number of hydrogen-bond donors (Lipinski definition) is 1. The highest BCUT2D eigenvalue weighted by atomic mass is 32.2. The lowest BCUT2D eigenvalue weighted by Gasteiger charge is -2.17. The highest BCUT2D eigenvalue weighted by Gasteiger charge is 2.28. The Morgan fingerprint density at radius 1 is 1.11 bits per heavy atom. The number of benzene rings is 2. The van der Waals surface area contributed by atoms with Gasteiger partial charge in [0.2, 0.25) is 11.8 Å². The predicted molar refractivity (Wildman–Crippen MR) is 144 cm³/mol. The third-order valence-corrected chi connectivity index (χ3v) is 8.29. The molecule has 0 bridgehead atoms. The van der Waals surface area contributed by atoms with E-state index in [1.165, 1.54) is 28.6 Å². The lowest BCUT2D eigenvalue weighted by atomic mass is 9.96. The number of carbonyl (C=O) groups excluding carboxylic acids is 1. The summed E-state index contributed by atoms with van der Waals surface area (Å²) in [5.74, 6) is 2.75. The second kappa shape index (κ2) is 11.0. The van der Waals surface area contributed by atoms with Crippen LogP contribution >= 0.6 is 23.7 Å². The van der Waals surface area contributed by atoms with Crippen molar-refractivity contribution in [3.05, 3.63) is 77.0 Å². The van der Waals surface area contributed by atoms with Crippen molar-refractivity contribution in [2.24, 2.45) is 0 Å². The molecule has 35 heavy (non-hydrogen) atoms. The number of ether oxygens (including phenoxy) is 2. The molecule has 3 aromatic rings. The summed E-state index contributed by atoms with van der Waals surface area (Å²) >= 11 is 3.32. The van der Waals surface area contributed by atoms with Crippen LogP contribution < -0.4 is 14.2 Å². The molecule has 2 aromatic carbocycles. The lowest BCUT2D eigenvalue weighted by molar-refractivity contribution is -0.118. The molecule has 5 nitrogen and oxygen atoms in total. The molecule has 0 radical (unpaired) electrons. The van der Waals surface area contributed by atoms with Gasteiger partial charge in [-0.1, -0.05) is 30.3 Å². The number of nitrogens with zero attached hydrogens (tertiary/aromatic N) is 1. The van der Waals surface area contributed by atoms with Gasteiger partial charge in [-0.2, -0.15) is 11.8 Å². The number of rotatable bonds is 9. The van der Waals surface area contributed by atoms with Crippen LogP contribution in [0.5, 0.6) is 11.6 Å². The molecule has 1 aliphatic carbocycles. The van der Waals surface area contributed by atoms with Crippen LogP contribution in [0.3, 0.4) is 0 Å². The number of thioether (sulfide) groups is 1. The first-order valence-electron chi connectivity index (χ1n) is 12.0. The van der Waals surface area contributed by atoms with Crippen LogP contribution in [-0.2, 0) is 11.2 Å². The molecule has 5 rings (SSSR count). The quantitative estimate of drug-likeness (QED) is 0.265. The molecular formula is C28H30N2O3S2. The molecule has 0 spiro atoms. The molecule has 0 saturated carbocycles. The topological polar surface area (TPSA) is 60.5 Å². The monoisotopic (exact) mass is 506 g/mol. The van der Waals surface area contributed by atoms with E-state index in [0.29, 0.717) is 18.9 Å². The van der Waals surface area contributed by atoms with Crippen LogP contribution in [0.15, 0.2) is 54.6 Å². The van der Waals surface area contributed by atoms with Gasteiger partial charge < -0.3 is 9.47 Å². The average Bonchev–Trinajstić information content (AvgIpc) is 3.49. The van der Waals surface area contributed by atoms with Gasteiger partial charge in [-0.15, -0.1) is 0 Å². The third kappa shape index (κ3) is 5.46. The van der Waals surface area contributed by atoms with Crippen LogP contribution in [0.2, 0.25) is 0 Å². The summed E-state index contributed by atoms with van der Waals surface area (Å²) in [6.07, 6.45) is 5.63. The summed E-state index contributed by atoms with van der Waals surface area (Å²) < 4.78 is 15.1. The molecule has 2 atom stereocenters. The Balaban J connectivity index is 1.29. The van der Waals surface area contributed by atoms with Gasteiger partial charge in [0.25, 0.3) is 0 Å². The zero-order chi connectivity index (χ0) is 24.2. The number of pyridine rings is 1. The summed E-state index contributed by atoms with van der Waals surface area (Å²) in [5.41, 5.74) is 7.12. The first-order chi connectivity index (χ1) is 17.1. The maximum atomic E-state index is 11.5. The first-order valence-corrected chi connectivity index (χ1v) is 14.3. The summed E-state index contributed by atoms with van der Waals surface area (Å²) in [5, 5.41) is 0.176. The summed E-state index contributed by atoms with van der Waals surface area (Å²) in [6, 6.07) is 18.8. The van der Waals surface area contributed by atoms with E-state index in [4.69, 9.17) is 14.5 Å². The molecule has 1 amide bonds. The number of nitrogens with one attached hydrogen (secondary N) is 1. The minimum atomic E-state index is 0.0345. The molecule has 2 heterocycles.